The number of hydrogen-bond acceptors (Lipinski definition) is 3. The predicted molar refractivity (Wildman–Crippen MR) is 86.8 cm³/mol. The van der Waals surface area contributed by atoms with Gasteiger partial charge >= 0.3 is 0 Å². The third-order valence-electron chi connectivity index (χ3n) is 4.22. The molecule has 2 aliphatic rings. The molecule has 0 amide bonds. The Kier molecular flexibility index (Phi) is 5.92. The smallest absolute Gasteiger partial charge is 0.205 e. The summed E-state index contributed by atoms with van der Waals surface area (Å²) in [6, 6.07) is 8.74. The normalized spacial score (nSPS) is 16.1. The van der Waals surface area contributed by atoms with E-state index < -0.39 is 0 Å². The molecular formula is C17H25ClN3-. The van der Waals surface area contributed by atoms with Gasteiger partial charge in [0.25, 0.3) is 0 Å². The van der Waals surface area contributed by atoms with Gasteiger partial charge in [0.1, 0.15) is 0 Å². The van der Waals surface area contributed by atoms with E-state index in [-0.39, 0.29) is 12.4 Å². The number of benzene rings is 1. The molecule has 0 aromatic heterocycles. The van der Waals surface area contributed by atoms with Gasteiger partial charge in [0.15, 0.2) is 0 Å². The van der Waals surface area contributed by atoms with Crippen LogP contribution in [0.2, 0.25) is 0 Å². The molecule has 0 atom stereocenters. The summed E-state index contributed by atoms with van der Waals surface area (Å²) in [6.07, 6.45) is 7.81. The van der Waals surface area contributed by atoms with Gasteiger partial charge in [0, 0.05) is 19.6 Å². The highest BCUT2D eigenvalue weighted by Crippen LogP contribution is 2.38. The molecule has 1 aromatic rings. The first-order valence-electron chi connectivity index (χ1n) is 8.10. The zero-order chi connectivity index (χ0) is 13.8. The molecule has 0 aliphatic carbocycles. The van der Waals surface area contributed by atoms with Crippen molar-refractivity contribution in [3.8, 4) is 0 Å². The molecule has 0 saturated carbocycles. The molecule has 0 fully saturated rings. The van der Waals surface area contributed by atoms with Crippen molar-refractivity contribution >= 4 is 17.3 Å². The van der Waals surface area contributed by atoms with E-state index in [2.05, 4.69) is 41.0 Å². The molecule has 0 saturated heterocycles. The molecule has 3 rings (SSSR count). The highest BCUT2D eigenvalue weighted by atomic mass is 35.5. The first kappa shape index (κ1) is 16.2. The molecule has 0 spiro atoms. The van der Waals surface area contributed by atoms with E-state index in [0.29, 0.717) is 0 Å². The van der Waals surface area contributed by atoms with Crippen LogP contribution in [-0.2, 0) is 0 Å². The van der Waals surface area contributed by atoms with E-state index in [4.69, 9.17) is 4.99 Å². The summed E-state index contributed by atoms with van der Waals surface area (Å²) in [4.78, 5) is 9.60. The minimum absolute atomic E-state index is 0. The number of halogens is 1. The lowest BCUT2D eigenvalue weighted by Gasteiger charge is -2.26. The van der Waals surface area contributed by atoms with Crippen molar-refractivity contribution in [2.45, 2.75) is 45.4 Å². The minimum atomic E-state index is 0. The maximum atomic E-state index is 4.77. The van der Waals surface area contributed by atoms with E-state index in [1.807, 2.05) is 0 Å². The van der Waals surface area contributed by atoms with Crippen molar-refractivity contribution in [2.24, 2.45) is 4.99 Å². The number of hydrogen-bond donors (Lipinski definition) is 0. The van der Waals surface area contributed by atoms with Gasteiger partial charge < -0.3 is 22.2 Å². The molecule has 0 radical (unpaired) electrons. The van der Waals surface area contributed by atoms with Crippen LogP contribution in [0.1, 0.15) is 45.4 Å². The van der Waals surface area contributed by atoms with E-state index in [0.717, 1.165) is 19.6 Å². The van der Waals surface area contributed by atoms with Crippen LogP contribution in [0.15, 0.2) is 29.3 Å². The maximum Gasteiger partial charge on any atom is 0.205 e. The van der Waals surface area contributed by atoms with Crippen LogP contribution in [0.3, 0.4) is 0 Å². The van der Waals surface area contributed by atoms with Gasteiger partial charge in [-0.1, -0.05) is 44.7 Å². The van der Waals surface area contributed by atoms with Gasteiger partial charge in [-0.05, 0) is 25.0 Å². The Labute approximate surface area is 134 Å². The third-order valence-corrected chi connectivity index (χ3v) is 4.22. The van der Waals surface area contributed by atoms with E-state index in [1.54, 1.807) is 0 Å². The Bertz CT molecular complexity index is 487. The largest absolute Gasteiger partial charge is 1.00 e. The molecule has 116 valence electrons. The molecule has 4 heteroatoms. The number of aliphatic imine (C=N–C) groups is 1. The Morgan fingerprint density at radius 1 is 1.05 bits per heavy atom. The molecule has 0 bridgehead atoms. The van der Waals surface area contributed by atoms with Crippen LogP contribution < -0.4 is 22.2 Å². The SMILES string of the molecule is CCCCCCCN1C2=NCCCN2c2ccccc21.[Cl-]. The second-order valence-electron chi connectivity index (χ2n) is 5.74. The van der Waals surface area contributed by atoms with Gasteiger partial charge in [-0.15, -0.1) is 0 Å². The molecule has 21 heavy (non-hydrogen) atoms. The number of anilines is 2. The molecule has 0 unspecified atom stereocenters. The van der Waals surface area contributed by atoms with Crippen LogP contribution in [0, 0.1) is 0 Å². The Morgan fingerprint density at radius 3 is 2.62 bits per heavy atom. The van der Waals surface area contributed by atoms with Crippen LogP contribution in [0.25, 0.3) is 0 Å². The number of nitrogens with zero attached hydrogens (tertiary/aromatic N) is 3. The second kappa shape index (κ2) is 7.69. The summed E-state index contributed by atoms with van der Waals surface area (Å²) >= 11 is 0. The van der Waals surface area contributed by atoms with Gasteiger partial charge in [-0.2, -0.15) is 0 Å². The maximum absolute atomic E-state index is 4.77. The fourth-order valence-corrected chi connectivity index (χ4v) is 3.17. The summed E-state index contributed by atoms with van der Waals surface area (Å²) in [7, 11) is 0. The molecule has 2 heterocycles. The van der Waals surface area contributed by atoms with Crippen molar-refractivity contribution in [1.29, 1.82) is 0 Å². The topological polar surface area (TPSA) is 18.8 Å². The summed E-state index contributed by atoms with van der Waals surface area (Å²) in [5.41, 5.74) is 2.70. The zero-order valence-corrected chi connectivity index (χ0v) is 13.6. The fraction of sp³-hybridized carbons (Fsp3) is 0.588. The minimum Gasteiger partial charge on any atom is -1.00 e. The van der Waals surface area contributed by atoms with Gasteiger partial charge in [0.2, 0.25) is 5.96 Å². The average Bonchev–Trinajstić information content (AvgIpc) is 2.82. The molecule has 2 aliphatic heterocycles. The van der Waals surface area contributed by atoms with Gasteiger partial charge in [-0.25, -0.2) is 0 Å². The van der Waals surface area contributed by atoms with Crippen LogP contribution in [-0.4, -0.2) is 25.6 Å². The summed E-state index contributed by atoms with van der Waals surface area (Å²) in [5, 5.41) is 0. The first-order chi connectivity index (χ1) is 9.92. The highest BCUT2D eigenvalue weighted by molar-refractivity contribution is 6.16. The molecule has 0 N–H and O–H groups in total. The number of fused-ring (bicyclic) bond motifs is 3. The second-order valence-corrected chi connectivity index (χ2v) is 5.74. The predicted octanol–water partition coefficient (Wildman–Crippen LogP) is 1.05. The summed E-state index contributed by atoms with van der Waals surface area (Å²) in [5.74, 6) is 1.19. The lowest BCUT2D eigenvalue weighted by molar-refractivity contribution is -0.00000412. The van der Waals surface area contributed by atoms with Crippen LogP contribution >= 0.6 is 0 Å². The summed E-state index contributed by atoms with van der Waals surface area (Å²) < 4.78 is 0. The number of rotatable bonds is 6. The highest BCUT2D eigenvalue weighted by Gasteiger charge is 2.33. The fourth-order valence-electron chi connectivity index (χ4n) is 3.17. The Balaban J connectivity index is 0.00000161. The third kappa shape index (κ3) is 3.34. The van der Waals surface area contributed by atoms with E-state index in [9.17, 15) is 0 Å². The molecule has 1 aromatic carbocycles. The first-order valence-corrected chi connectivity index (χ1v) is 8.10. The van der Waals surface area contributed by atoms with Crippen LogP contribution in [0.5, 0.6) is 0 Å². The molecule has 3 nitrogen and oxygen atoms in total. The van der Waals surface area contributed by atoms with E-state index >= 15 is 0 Å². The lowest BCUT2D eigenvalue weighted by atomic mass is 10.1. The van der Waals surface area contributed by atoms with Gasteiger partial charge in [0.05, 0.1) is 11.4 Å². The van der Waals surface area contributed by atoms with Crippen molar-refractivity contribution in [2.75, 3.05) is 29.4 Å². The standard InChI is InChI=1S/C17H25N3.ClH/c1-2-3-4-5-8-13-19-15-10-6-7-11-16(15)20-14-9-12-18-17(19)20;/h6-7,10-11H,2-5,8-9,12-14H2,1H3;1H/p-1. The number of para-hydroxylation sites is 2. The Hall–Kier alpha value is -1.22. The van der Waals surface area contributed by atoms with Crippen molar-refractivity contribution < 1.29 is 12.4 Å². The quantitative estimate of drug-likeness (QED) is 0.732. The monoisotopic (exact) mass is 306 g/mol. The van der Waals surface area contributed by atoms with Gasteiger partial charge in [-0.3, -0.25) is 4.99 Å². The number of guanidine groups is 1. The molecular weight excluding hydrogens is 282 g/mol. The van der Waals surface area contributed by atoms with Crippen molar-refractivity contribution in [3.63, 3.8) is 0 Å². The number of unbranched alkanes of at least 4 members (excludes halogenated alkanes) is 4. The van der Waals surface area contributed by atoms with E-state index in [1.165, 1.54) is 55.9 Å². The summed E-state index contributed by atoms with van der Waals surface area (Å²) in [6.45, 7) is 5.47. The van der Waals surface area contributed by atoms with Crippen LogP contribution in [0.4, 0.5) is 11.4 Å². The van der Waals surface area contributed by atoms with Crippen molar-refractivity contribution in [3.05, 3.63) is 24.3 Å². The average molecular weight is 307 g/mol. The lowest BCUT2D eigenvalue weighted by Crippen LogP contribution is -3.00. The zero-order valence-electron chi connectivity index (χ0n) is 12.9. The Morgan fingerprint density at radius 2 is 1.81 bits per heavy atom. The van der Waals surface area contributed by atoms with Crippen molar-refractivity contribution in [1.82, 2.24) is 0 Å².